The molecule has 1 rings (SSSR count). The summed E-state index contributed by atoms with van der Waals surface area (Å²) in [6.45, 7) is 5.39. The van der Waals surface area contributed by atoms with Crippen molar-refractivity contribution in [1.82, 2.24) is 10.6 Å². The van der Waals surface area contributed by atoms with E-state index in [-0.39, 0.29) is 5.75 Å². The third-order valence-electron chi connectivity index (χ3n) is 2.50. The van der Waals surface area contributed by atoms with E-state index in [1.54, 1.807) is 26.0 Å². The van der Waals surface area contributed by atoms with E-state index in [1.165, 1.54) is 13.0 Å². The smallest absolute Gasteiger partial charge is 0.321 e. The lowest BCUT2D eigenvalue weighted by Gasteiger charge is -2.16. The number of carbonyl (C=O) groups excluding carboxylic acids is 2. The van der Waals surface area contributed by atoms with Crippen LogP contribution in [0.2, 0.25) is 0 Å². The second-order valence-corrected chi connectivity index (χ2v) is 4.01. The highest BCUT2D eigenvalue weighted by molar-refractivity contribution is 5.96. The fourth-order valence-corrected chi connectivity index (χ4v) is 1.39. The summed E-state index contributed by atoms with van der Waals surface area (Å²) in [6.07, 6.45) is -0.844. The maximum absolute atomic E-state index is 11.7. The van der Waals surface area contributed by atoms with Crippen molar-refractivity contribution in [3.63, 3.8) is 0 Å². The minimum atomic E-state index is -0.844. The van der Waals surface area contributed by atoms with Gasteiger partial charge in [-0.25, -0.2) is 4.79 Å². The number of carbonyl (C=O) groups is 2. The minimum absolute atomic E-state index is 0.0915. The highest BCUT2D eigenvalue weighted by Crippen LogP contribution is 2.26. The summed E-state index contributed by atoms with van der Waals surface area (Å²) < 4.78 is 5.41. The topological polar surface area (TPSA) is 87.7 Å². The van der Waals surface area contributed by atoms with Gasteiger partial charge in [0.25, 0.3) is 5.91 Å². The van der Waals surface area contributed by atoms with E-state index in [0.717, 1.165) is 0 Å². The van der Waals surface area contributed by atoms with E-state index in [2.05, 4.69) is 10.6 Å². The first-order chi connectivity index (χ1) is 8.95. The molecule has 6 heteroatoms. The van der Waals surface area contributed by atoms with Gasteiger partial charge in [-0.1, -0.05) is 6.07 Å². The molecule has 0 bridgehead atoms. The van der Waals surface area contributed by atoms with Crippen LogP contribution in [0.25, 0.3) is 0 Å². The molecular formula is C13H18N2O4. The van der Waals surface area contributed by atoms with Crippen molar-refractivity contribution in [1.29, 1.82) is 0 Å². The van der Waals surface area contributed by atoms with Crippen molar-refractivity contribution >= 4 is 11.9 Å². The number of urea groups is 1. The van der Waals surface area contributed by atoms with Crippen LogP contribution in [0, 0.1) is 6.92 Å². The molecule has 6 nitrogen and oxygen atoms in total. The van der Waals surface area contributed by atoms with Crippen LogP contribution < -0.4 is 15.4 Å². The summed E-state index contributed by atoms with van der Waals surface area (Å²) in [7, 11) is 0. The highest BCUT2D eigenvalue weighted by Gasteiger charge is 2.18. The molecule has 1 atom stereocenters. The lowest BCUT2D eigenvalue weighted by atomic mass is 10.2. The molecule has 0 saturated carbocycles. The van der Waals surface area contributed by atoms with Gasteiger partial charge in [0.1, 0.15) is 11.5 Å². The Morgan fingerprint density at radius 3 is 2.74 bits per heavy atom. The molecule has 19 heavy (non-hydrogen) atoms. The summed E-state index contributed by atoms with van der Waals surface area (Å²) in [5.74, 6) is -0.0546. The summed E-state index contributed by atoms with van der Waals surface area (Å²) in [5, 5.41) is 14.1. The summed E-state index contributed by atoms with van der Waals surface area (Å²) in [4.78, 5) is 22.9. The zero-order chi connectivity index (χ0) is 14.4. The maximum atomic E-state index is 11.7. The largest absolute Gasteiger partial charge is 0.508 e. The lowest BCUT2D eigenvalue weighted by molar-refractivity contribution is -0.126. The van der Waals surface area contributed by atoms with Crippen LogP contribution in [-0.2, 0) is 4.79 Å². The molecule has 0 aliphatic carbocycles. The van der Waals surface area contributed by atoms with Gasteiger partial charge in [-0.15, -0.1) is 0 Å². The van der Waals surface area contributed by atoms with Gasteiger partial charge in [0.05, 0.1) is 0 Å². The Morgan fingerprint density at radius 1 is 1.42 bits per heavy atom. The number of hydrogen-bond acceptors (Lipinski definition) is 4. The second-order valence-electron chi connectivity index (χ2n) is 4.01. The first-order valence-electron chi connectivity index (χ1n) is 5.99. The maximum Gasteiger partial charge on any atom is 0.321 e. The molecular weight excluding hydrogens is 248 g/mol. The zero-order valence-corrected chi connectivity index (χ0v) is 11.2. The Bertz CT molecular complexity index is 474. The fraction of sp³-hybridized carbons (Fsp3) is 0.385. The summed E-state index contributed by atoms with van der Waals surface area (Å²) >= 11 is 0. The van der Waals surface area contributed by atoms with Crippen molar-refractivity contribution in [2.45, 2.75) is 26.9 Å². The minimum Gasteiger partial charge on any atom is -0.508 e. The normalized spacial score (nSPS) is 11.5. The van der Waals surface area contributed by atoms with Crippen LogP contribution in [0.3, 0.4) is 0 Å². The number of ether oxygens (including phenoxy) is 1. The number of phenolic OH excluding ortho intramolecular Hbond substituents is 1. The third kappa shape index (κ3) is 4.17. The van der Waals surface area contributed by atoms with Gasteiger partial charge in [-0.05, 0) is 32.9 Å². The van der Waals surface area contributed by atoms with Crippen LogP contribution in [0.1, 0.15) is 19.4 Å². The van der Waals surface area contributed by atoms with E-state index in [4.69, 9.17) is 4.74 Å². The molecule has 3 amide bonds. The number of nitrogens with one attached hydrogen (secondary N) is 2. The van der Waals surface area contributed by atoms with Gasteiger partial charge < -0.3 is 15.2 Å². The second kappa shape index (κ2) is 6.63. The molecule has 0 aliphatic rings. The van der Waals surface area contributed by atoms with Crippen molar-refractivity contribution in [3.05, 3.63) is 23.8 Å². The fourth-order valence-electron chi connectivity index (χ4n) is 1.39. The quantitative estimate of drug-likeness (QED) is 0.766. The van der Waals surface area contributed by atoms with Gasteiger partial charge >= 0.3 is 6.03 Å². The number of hydrogen-bond donors (Lipinski definition) is 3. The average Bonchev–Trinajstić information content (AvgIpc) is 2.35. The van der Waals surface area contributed by atoms with Crippen LogP contribution in [0.15, 0.2) is 18.2 Å². The molecule has 0 aromatic heterocycles. The number of benzene rings is 1. The van der Waals surface area contributed by atoms with Gasteiger partial charge in [0.15, 0.2) is 6.10 Å². The molecule has 104 valence electrons. The molecule has 1 unspecified atom stereocenters. The Labute approximate surface area is 111 Å². The summed E-state index contributed by atoms with van der Waals surface area (Å²) in [6, 6.07) is 4.23. The van der Waals surface area contributed by atoms with E-state index in [0.29, 0.717) is 17.9 Å². The van der Waals surface area contributed by atoms with Crippen molar-refractivity contribution in [2.75, 3.05) is 6.54 Å². The van der Waals surface area contributed by atoms with E-state index >= 15 is 0 Å². The zero-order valence-electron chi connectivity index (χ0n) is 11.2. The molecule has 0 radical (unpaired) electrons. The van der Waals surface area contributed by atoms with Gasteiger partial charge in [-0.3, -0.25) is 10.1 Å². The Balaban J connectivity index is 2.64. The number of aromatic hydroxyl groups is 1. The Morgan fingerprint density at radius 2 is 2.11 bits per heavy atom. The first-order valence-corrected chi connectivity index (χ1v) is 5.99. The molecule has 1 aromatic carbocycles. The predicted molar refractivity (Wildman–Crippen MR) is 70.1 cm³/mol. The number of imide groups is 1. The predicted octanol–water partition coefficient (Wildman–Crippen LogP) is 1.31. The van der Waals surface area contributed by atoms with Gasteiger partial charge in [0.2, 0.25) is 0 Å². The van der Waals surface area contributed by atoms with Crippen molar-refractivity contribution in [3.8, 4) is 11.5 Å². The van der Waals surface area contributed by atoms with E-state index in [9.17, 15) is 14.7 Å². The molecule has 0 heterocycles. The van der Waals surface area contributed by atoms with Crippen LogP contribution in [0.5, 0.6) is 11.5 Å². The van der Waals surface area contributed by atoms with Crippen LogP contribution in [0.4, 0.5) is 4.79 Å². The molecule has 0 saturated heterocycles. The number of amides is 3. The third-order valence-corrected chi connectivity index (χ3v) is 2.50. The molecule has 1 aromatic rings. The summed E-state index contributed by atoms with van der Waals surface area (Å²) in [5.41, 5.74) is 0.542. The molecule has 0 spiro atoms. The van der Waals surface area contributed by atoms with Crippen molar-refractivity contribution < 1.29 is 19.4 Å². The van der Waals surface area contributed by atoms with Crippen LogP contribution in [-0.4, -0.2) is 29.7 Å². The van der Waals surface area contributed by atoms with E-state index in [1.807, 2.05) is 0 Å². The number of rotatable bonds is 4. The van der Waals surface area contributed by atoms with Crippen molar-refractivity contribution in [2.24, 2.45) is 0 Å². The monoisotopic (exact) mass is 266 g/mol. The van der Waals surface area contributed by atoms with E-state index < -0.39 is 18.0 Å². The highest BCUT2D eigenvalue weighted by atomic mass is 16.5. The first kappa shape index (κ1) is 14.8. The molecule has 0 aliphatic heterocycles. The average molecular weight is 266 g/mol. The standard InChI is InChI=1S/C13H18N2O4/c1-4-14-13(18)15-12(17)9(3)19-11-7-5-6-10(16)8(11)2/h5-7,9,16H,4H2,1-3H3,(H2,14,15,17,18). The number of phenols is 1. The van der Waals surface area contributed by atoms with Gasteiger partial charge in [-0.2, -0.15) is 0 Å². The molecule has 0 fully saturated rings. The van der Waals surface area contributed by atoms with Crippen LogP contribution >= 0.6 is 0 Å². The lowest BCUT2D eigenvalue weighted by Crippen LogP contribution is -2.45. The van der Waals surface area contributed by atoms with Gasteiger partial charge in [0, 0.05) is 12.1 Å². The Kier molecular flexibility index (Phi) is 5.17. The SMILES string of the molecule is CCNC(=O)NC(=O)C(C)Oc1cccc(O)c1C. The Hall–Kier alpha value is -2.24. The molecule has 3 N–H and O–H groups in total.